The van der Waals surface area contributed by atoms with E-state index in [9.17, 15) is 4.79 Å². The maximum absolute atomic E-state index is 11.8. The van der Waals surface area contributed by atoms with Gasteiger partial charge in [0, 0.05) is 23.1 Å². The summed E-state index contributed by atoms with van der Waals surface area (Å²) in [7, 11) is 0. The molecule has 0 fully saturated rings. The molecule has 5 heteroatoms. The summed E-state index contributed by atoms with van der Waals surface area (Å²) in [5.41, 5.74) is 1.60. The van der Waals surface area contributed by atoms with Crippen LogP contribution >= 0.6 is 11.8 Å². The number of hydrogen-bond donors (Lipinski definition) is 2. The molecule has 0 saturated heterocycles. The van der Waals surface area contributed by atoms with E-state index in [-0.39, 0.29) is 5.56 Å². The Labute approximate surface area is 129 Å². The summed E-state index contributed by atoms with van der Waals surface area (Å²) in [4.78, 5) is 20.3. The normalized spacial score (nSPS) is 10.8. The van der Waals surface area contributed by atoms with E-state index in [1.807, 2.05) is 12.1 Å². The van der Waals surface area contributed by atoms with E-state index in [0.29, 0.717) is 12.4 Å². The summed E-state index contributed by atoms with van der Waals surface area (Å²) >= 11 is 1.80. The van der Waals surface area contributed by atoms with Gasteiger partial charge in [-0.25, -0.2) is 4.98 Å². The van der Waals surface area contributed by atoms with Gasteiger partial charge in [-0.15, -0.1) is 11.8 Å². The number of H-pyrrole nitrogens is 1. The lowest BCUT2D eigenvalue weighted by Crippen LogP contribution is -2.18. The zero-order valence-electron chi connectivity index (χ0n) is 12.5. The number of rotatable bonds is 7. The Bertz CT molecular complexity index is 622. The van der Waals surface area contributed by atoms with Crippen LogP contribution in [-0.2, 0) is 6.54 Å². The molecule has 0 spiro atoms. The first-order chi connectivity index (χ1) is 10.2. The smallest absolute Gasteiger partial charge is 0.251 e. The molecule has 0 unspecified atom stereocenters. The highest BCUT2D eigenvalue weighted by Gasteiger charge is 2.04. The van der Waals surface area contributed by atoms with Gasteiger partial charge >= 0.3 is 0 Å². The molecule has 0 radical (unpaired) electrons. The number of thioether (sulfide) groups is 1. The standard InChI is InChI=1S/C16H21N3OS/c1-3-9-17-11-13-10-15(20)19-16(18-13)12-5-7-14(8-6-12)21-4-2/h5-8,10,17H,3-4,9,11H2,1-2H3,(H,18,19,20). The number of hydrogen-bond acceptors (Lipinski definition) is 4. The van der Waals surface area contributed by atoms with Gasteiger partial charge in [-0.2, -0.15) is 0 Å². The van der Waals surface area contributed by atoms with Gasteiger partial charge in [-0.1, -0.05) is 26.0 Å². The third-order valence-corrected chi connectivity index (χ3v) is 3.86. The molecule has 0 atom stereocenters. The van der Waals surface area contributed by atoms with Gasteiger partial charge in [-0.05, 0) is 30.9 Å². The van der Waals surface area contributed by atoms with E-state index in [4.69, 9.17) is 0 Å². The summed E-state index contributed by atoms with van der Waals surface area (Å²) in [5.74, 6) is 1.68. The molecule has 0 aliphatic heterocycles. The van der Waals surface area contributed by atoms with E-state index in [1.54, 1.807) is 17.8 Å². The molecule has 0 aliphatic carbocycles. The highest BCUT2D eigenvalue weighted by molar-refractivity contribution is 7.99. The van der Waals surface area contributed by atoms with Gasteiger partial charge in [0.05, 0.1) is 5.69 Å². The molecule has 0 aliphatic rings. The molecule has 0 amide bonds. The van der Waals surface area contributed by atoms with Crippen molar-refractivity contribution in [2.45, 2.75) is 31.7 Å². The minimum atomic E-state index is -0.111. The first-order valence-electron chi connectivity index (χ1n) is 7.27. The number of nitrogens with one attached hydrogen (secondary N) is 2. The Kier molecular flexibility index (Phi) is 6.02. The van der Waals surface area contributed by atoms with Gasteiger partial charge in [0.2, 0.25) is 0 Å². The van der Waals surface area contributed by atoms with E-state index >= 15 is 0 Å². The summed E-state index contributed by atoms with van der Waals surface area (Å²) in [6.45, 7) is 5.78. The Morgan fingerprint density at radius 3 is 2.67 bits per heavy atom. The van der Waals surface area contributed by atoms with Crippen LogP contribution in [0.2, 0.25) is 0 Å². The fourth-order valence-corrected chi connectivity index (χ4v) is 2.67. The minimum absolute atomic E-state index is 0.111. The molecule has 112 valence electrons. The van der Waals surface area contributed by atoms with Crippen molar-refractivity contribution in [3.8, 4) is 11.4 Å². The summed E-state index contributed by atoms with van der Waals surface area (Å²) in [6.07, 6.45) is 1.06. The largest absolute Gasteiger partial charge is 0.311 e. The number of aromatic amines is 1. The predicted molar refractivity (Wildman–Crippen MR) is 88.7 cm³/mol. The second-order valence-corrected chi connectivity index (χ2v) is 6.06. The van der Waals surface area contributed by atoms with Gasteiger partial charge in [0.15, 0.2) is 0 Å². The molecular weight excluding hydrogens is 282 g/mol. The maximum Gasteiger partial charge on any atom is 0.251 e. The average molecular weight is 303 g/mol. The van der Waals surface area contributed by atoms with Crippen molar-refractivity contribution in [1.82, 2.24) is 15.3 Å². The van der Waals surface area contributed by atoms with Crippen molar-refractivity contribution < 1.29 is 0 Å². The van der Waals surface area contributed by atoms with Crippen LogP contribution in [0.1, 0.15) is 26.0 Å². The van der Waals surface area contributed by atoms with Crippen molar-refractivity contribution in [1.29, 1.82) is 0 Å². The fraction of sp³-hybridized carbons (Fsp3) is 0.375. The van der Waals surface area contributed by atoms with Gasteiger partial charge in [0.1, 0.15) is 5.82 Å². The summed E-state index contributed by atoms with van der Waals surface area (Å²) in [5, 5.41) is 3.26. The van der Waals surface area contributed by atoms with Crippen molar-refractivity contribution >= 4 is 11.8 Å². The molecule has 21 heavy (non-hydrogen) atoms. The van der Waals surface area contributed by atoms with Crippen molar-refractivity contribution in [2.75, 3.05) is 12.3 Å². The van der Waals surface area contributed by atoms with Crippen LogP contribution in [0.3, 0.4) is 0 Å². The summed E-state index contributed by atoms with van der Waals surface area (Å²) in [6, 6.07) is 9.67. The maximum atomic E-state index is 11.8. The SMILES string of the molecule is CCCNCc1cc(=O)[nH]c(-c2ccc(SCC)cc2)n1. The van der Waals surface area contributed by atoms with Crippen molar-refractivity contribution in [2.24, 2.45) is 0 Å². The summed E-state index contributed by atoms with van der Waals surface area (Å²) < 4.78 is 0. The van der Waals surface area contributed by atoms with E-state index in [1.165, 1.54) is 4.90 Å². The number of benzene rings is 1. The lowest BCUT2D eigenvalue weighted by molar-refractivity contribution is 0.662. The Balaban J connectivity index is 2.20. The lowest BCUT2D eigenvalue weighted by Gasteiger charge is -2.06. The lowest BCUT2D eigenvalue weighted by atomic mass is 10.2. The van der Waals surface area contributed by atoms with Crippen molar-refractivity contribution in [3.63, 3.8) is 0 Å². The van der Waals surface area contributed by atoms with E-state index < -0.39 is 0 Å². The predicted octanol–water partition coefficient (Wildman–Crippen LogP) is 3.05. The van der Waals surface area contributed by atoms with Crippen LogP contribution in [0.4, 0.5) is 0 Å². The fourth-order valence-electron chi connectivity index (χ4n) is 2.00. The van der Waals surface area contributed by atoms with Gasteiger partial charge in [-0.3, -0.25) is 4.79 Å². The molecule has 4 nitrogen and oxygen atoms in total. The topological polar surface area (TPSA) is 57.8 Å². The molecule has 2 aromatic rings. The molecule has 2 N–H and O–H groups in total. The second kappa shape index (κ2) is 8.00. The molecule has 1 aromatic heterocycles. The highest BCUT2D eigenvalue weighted by atomic mass is 32.2. The molecule has 0 bridgehead atoms. The number of nitrogens with zero attached hydrogens (tertiary/aromatic N) is 1. The molecular formula is C16H21N3OS. The van der Waals surface area contributed by atoms with Crippen LogP contribution in [-0.4, -0.2) is 22.3 Å². The van der Waals surface area contributed by atoms with E-state index in [2.05, 4.69) is 41.3 Å². The van der Waals surface area contributed by atoms with Gasteiger partial charge < -0.3 is 10.3 Å². The monoisotopic (exact) mass is 303 g/mol. The zero-order valence-corrected chi connectivity index (χ0v) is 13.3. The molecule has 1 heterocycles. The third-order valence-electron chi connectivity index (χ3n) is 2.97. The van der Waals surface area contributed by atoms with Crippen LogP contribution < -0.4 is 10.9 Å². The third kappa shape index (κ3) is 4.72. The first kappa shape index (κ1) is 15.8. The molecule has 1 aromatic carbocycles. The average Bonchev–Trinajstić information content (AvgIpc) is 2.48. The zero-order chi connectivity index (χ0) is 15.1. The van der Waals surface area contributed by atoms with Crippen LogP contribution in [0, 0.1) is 0 Å². The molecule has 0 saturated carbocycles. The van der Waals surface area contributed by atoms with Crippen molar-refractivity contribution in [3.05, 3.63) is 46.4 Å². The first-order valence-corrected chi connectivity index (χ1v) is 8.25. The van der Waals surface area contributed by atoms with Gasteiger partial charge in [0.25, 0.3) is 5.56 Å². The Hall–Kier alpha value is -1.59. The quantitative estimate of drug-likeness (QED) is 0.610. The van der Waals surface area contributed by atoms with Crippen LogP contribution in [0.5, 0.6) is 0 Å². The second-order valence-electron chi connectivity index (χ2n) is 4.72. The number of aromatic nitrogens is 2. The Morgan fingerprint density at radius 2 is 2.00 bits per heavy atom. The minimum Gasteiger partial charge on any atom is -0.311 e. The highest BCUT2D eigenvalue weighted by Crippen LogP contribution is 2.21. The van der Waals surface area contributed by atoms with E-state index in [0.717, 1.165) is 30.0 Å². The van der Waals surface area contributed by atoms with Crippen LogP contribution in [0.25, 0.3) is 11.4 Å². The van der Waals surface area contributed by atoms with Crippen LogP contribution in [0.15, 0.2) is 40.0 Å². The Morgan fingerprint density at radius 1 is 1.24 bits per heavy atom. The molecule has 2 rings (SSSR count).